The second-order valence-electron chi connectivity index (χ2n) is 9.16. The van der Waals surface area contributed by atoms with E-state index in [2.05, 4.69) is 18.9 Å². The topological polar surface area (TPSA) is 440 Å². The Morgan fingerprint density at radius 2 is 0.538 bits per heavy atom. The maximum Gasteiger partial charge on any atom is 1.00 e. The molecule has 0 aromatic rings. The van der Waals surface area contributed by atoms with Gasteiger partial charge in [0, 0.05) is 23.0 Å². The average Bonchev–Trinajstić information content (AvgIpc) is 3.70. The van der Waals surface area contributed by atoms with Gasteiger partial charge in [0.05, 0.1) is 26.4 Å². The Morgan fingerprint density at radius 1 is 0.404 bits per heavy atom. The van der Waals surface area contributed by atoms with E-state index in [9.17, 15) is 39.6 Å². The van der Waals surface area contributed by atoms with E-state index in [4.69, 9.17) is 61.3 Å². The van der Waals surface area contributed by atoms with Crippen LogP contribution in [-0.2, 0) is 38.1 Å². The van der Waals surface area contributed by atoms with E-state index in [1.807, 2.05) is 0 Å². The van der Waals surface area contributed by atoms with Crippen LogP contribution in [0.3, 0.4) is 0 Å². The van der Waals surface area contributed by atoms with Crippen LogP contribution in [0, 0.1) is 0 Å². The minimum Gasteiger partial charge on any atom is -0.865 e. The predicted octanol–water partition coefficient (Wildman–Crippen LogP) is -22.4. The van der Waals surface area contributed by atoms with E-state index in [0.29, 0.717) is 0 Å². The van der Waals surface area contributed by atoms with E-state index in [1.165, 1.54) is 0 Å². The monoisotopic (exact) mass is 792 g/mol. The first-order valence-corrected chi connectivity index (χ1v) is 12.7. The number of aliphatic hydroxyl groups excluding tert-OH is 12. The smallest absolute Gasteiger partial charge is 0.865 e. The molecule has 52 heavy (non-hydrogen) atoms. The minimum atomic E-state index is -1.46. The second kappa shape index (κ2) is 26.7. The van der Waals surface area contributed by atoms with Crippen molar-refractivity contribution in [3.63, 3.8) is 0 Å². The van der Waals surface area contributed by atoms with Crippen molar-refractivity contribution in [2.24, 2.45) is 0 Å². The zero-order chi connectivity index (χ0) is 37.2. The molecule has 0 aliphatic carbocycles. The van der Waals surface area contributed by atoms with Crippen molar-refractivity contribution in [2.45, 2.75) is 48.8 Å². The molecule has 8 atom stereocenters. The Balaban J connectivity index is -0.000000288. The van der Waals surface area contributed by atoms with Gasteiger partial charge in [-0.25, -0.2) is 19.2 Å². The van der Waals surface area contributed by atoms with Gasteiger partial charge in [-0.05, 0) is 0 Å². The molecule has 24 nitrogen and oxygen atoms in total. The first-order chi connectivity index (χ1) is 22.3. The number of cyclic esters (lactones) is 4. The van der Waals surface area contributed by atoms with Gasteiger partial charge in [0.2, 0.25) is 0 Å². The van der Waals surface area contributed by atoms with Crippen LogP contribution in [0.1, 0.15) is 0 Å². The molecule has 4 aliphatic heterocycles. The summed E-state index contributed by atoms with van der Waals surface area (Å²) in [5.74, 6) is -13.0. The summed E-state index contributed by atoms with van der Waals surface area (Å²) >= 11 is 0. The largest absolute Gasteiger partial charge is 1.00 e. The molecule has 0 radical (unpaired) electrons. The van der Waals surface area contributed by atoms with Crippen molar-refractivity contribution in [1.29, 1.82) is 0 Å². The standard InChI is InChI=1S/4C6H8O6.4Na/c4*7-1-2(8)5-3(9)4(10)6(11)12-5;;;;/h4*2,5,7-10H,1H2;;;;/q;;;;4*+1/p-4/t4*2-,5+;;;;/m0000..../s1. The van der Waals surface area contributed by atoms with Gasteiger partial charge in [0.1, 0.15) is 47.5 Å². The summed E-state index contributed by atoms with van der Waals surface area (Å²) in [5, 5.41) is 147. The number of ether oxygens (including phenoxy) is 4. The Bertz CT molecular complexity index is 1150. The number of esters is 4. The quantitative estimate of drug-likeness (QED) is 0.0616. The molecule has 0 aromatic heterocycles. The fourth-order valence-electron chi connectivity index (χ4n) is 3.26. The Kier molecular flexibility index (Phi) is 29.6. The summed E-state index contributed by atoms with van der Waals surface area (Å²) < 4.78 is 17.0. The van der Waals surface area contributed by atoms with Crippen molar-refractivity contribution in [1.82, 2.24) is 0 Å². The van der Waals surface area contributed by atoms with Gasteiger partial charge in [0.25, 0.3) is 0 Å². The normalized spacial score (nSPS) is 23.8. The number of hydrogen-bond donors (Lipinski definition) is 12. The fraction of sp³-hybridized carbons (Fsp3) is 0.500. The zero-order valence-electron chi connectivity index (χ0n) is 27.7. The van der Waals surface area contributed by atoms with Crippen molar-refractivity contribution < 1.29 is 238 Å². The Hall–Kier alpha value is -1.08. The maximum atomic E-state index is 10.6. The van der Waals surface area contributed by atoms with Crippen LogP contribution >= 0.6 is 0 Å². The molecular weight excluding hydrogens is 764 g/mol. The molecule has 272 valence electrons. The summed E-state index contributed by atoms with van der Waals surface area (Å²) in [5.41, 5.74) is 0. The second-order valence-corrected chi connectivity index (χ2v) is 9.16. The summed E-state index contributed by atoms with van der Waals surface area (Å²) in [6.45, 7) is -2.80. The molecule has 4 rings (SSSR count). The third-order valence-electron chi connectivity index (χ3n) is 5.83. The molecule has 0 spiro atoms. The van der Waals surface area contributed by atoms with Crippen LogP contribution in [0.2, 0.25) is 0 Å². The molecule has 0 saturated heterocycles. The van der Waals surface area contributed by atoms with Gasteiger partial charge in [-0.1, -0.05) is 0 Å². The molecule has 0 unspecified atom stereocenters. The van der Waals surface area contributed by atoms with Gasteiger partial charge in [-0.3, -0.25) is 0 Å². The number of aliphatic hydroxyl groups is 12. The Labute approximate surface area is 379 Å². The Morgan fingerprint density at radius 3 is 0.615 bits per heavy atom. The van der Waals surface area contributed by atoms with Gasteiger partial charge in [-0.2, -0.15) is 0 Å². The van der Waals surface area contributed by atoms with Crippen LogP contribution < -0.4 is 139 Å². The first-order valence-electron chi connectivity index (χ1n) is 12.7. The molecule has 28 heteroatoms. The molecule has 4 aliphatic rings. The van der Waals surface area contributed by atoms with E-state index >= 15 is 0 Å². The van der Waals surface area contributed by atoms with Crippen molar-refractivity contribution in [3.8, 4) is 0 Å². The third-order valence-corrected chi connectivity index (χ3v) is 5.83. The third kappa shape index (κ3) is 14.9. The van der Waals surface area contributed by atoms with Crippen LogP contribution in [0.4, 0.5) is 0 Å². The van der Waals surface area contributed by atoms with Gasteiger partial charge in [0.15, 0.2) is 24.4 Å². The van der Waals surface area contributed by atoms with E-state index in [-0.39, 0.29) is 118 Å². The number of hydrogen-bond acceptors (Lipinski definition) is 24. The SMILES string of the molecule is O=C1O[C@H]([C@@H](O)CO)C(O)=C1[O-].O=C1O[C@H]([C@@H](O)CO)C(O)=C1[O-].O=C1O[C@H]([C@@H](O)CO)C(O)=C1[O-].O=C1O[C@H]([C@@H](O)CO)C(O)=C1[O-].[Na+].[Na+].[Na+].[Na+]. The van der Waals surface area contributed by atoms with Crippen molar-refractivity contribution in [2.75, 3.05) is 26.4 Å². The van der Waals surface area contributed by atoms with Crippen LogP contribution in [0.5, 0.6) is 0 Å². The van der Waals surface area contributed by atoms with Crippen LogP contribution in [-0.4, -0.2) is 160 Å². The fourth-order valence-corrected chi connectivity index (χ4v) is 3.26. The zero-order valence-corrected chi connectivity index (χ0v) is 35.7. The summed E-state index contributed by atoms with van der Waals surface area (Å²) in [6, 6.07) is 0. The van der Waals surface area contributed by atoms with Crippen LogP contribution in [0.15, 0.2) is 46.1 Å². The van der Waals surface area contributed by atoms with Crippen molar-refractivity contribution in [3.05, 3.63) is 46.1 Å². The molecule has 0 saturated carbocycles. The molecular formula is C24H28Na4O24. The van der Waals surface area contributed by atoms with Crippen LogP contribution in [0.25, 0.3) is 0 Å². The predicted molar refractivity (Wildman–Crippen MR) is 131 cm³/mol. The van der Waals surface area contributed by atoms with Gasteiger partial charge >= 0.3 is 142 Å². The molecule has 0 aromatic carbocycles. The van der Waals surface area contributed by atoms with Gasteiger partial charge < -0.3 is 101 Å². The first kappa shape index (κ1) is 57.6. The molecule has 0 fully saturated rings. The number of carbonyl (C=O) groups is 4. The molecule has 0 amide bonds. The number of carbonyl (C=O) groups excluding carboxylic acids is 4. The maximum absolute atomic E-state index is 10.6. The molecule has 4 heterocycles. The van der Waals surface area contributed by atoms with E-state index in [0.717, 1.165) is 0 Å². The molecule has 12 N–H and O–H groups in total. The van der Waals surface area contributed by atoms with Gasteiger partial charge in [-0.15, -0.1) is 0 Å². The number of rotatable bonds is 8. The van der Waals surface area contributed by atoms with Crippen molar-refractivity contribution >= 4 is 23.9 Å². The van der Waals surface area contributed by atoms with E-state index in [1.54, 1.807) is 0 Å². The van der Waals surface area contributed by atoms with E-state index < -0.39 is 145 Å². The summed E-state index contributed by atoms with van der Waals surface area (Å²) in [6.07, 6.45) is -11.5. The summed E-state index contributed by atoms with van der Waals surface area (Å²) in [7, 11) is 0. The average molecular weight is 792 g/mol. The molecule has 0 bridgehead atoms. The minimum absolute atomic E-state index is 0. The summed E-state index contributed by atoms with van der Waals surface area (Å²) in [4.78, 5) is 41.9.